The van der Waals surface area contributed by atoms with Gasteiger partial charge in [-0.15, -0.1) is 0 Å². The number of rotatable bonds is 4. The average molecular weight is 384 g/mol. The smallest absolute Gasteiger partial charge is 0.260 e. The first-order valence-corrected chi connectivity index (χ1v) is 6.87. The fourth-order valence-corrected chi connectivity index (χ4v) is 1.94. The predicted molar refractivity (Wildman–Crippen MR) is 84.5 cm³/mol. The summed E-state index contributed by atoms with van der Waals surface area (Å²) >= 11 is 2.15. The Bertz CT molecular complexity index is 614. The first-order valence-electron chi connectivity index (χ1n) is 5.79. The molecule has 5 nitrogen and oxygen atoms in total. The van der Waals surface area contributed by atoms with Gasteiger partial charge >= 0.3 is 0 Å². The largest absolute Gasteiger partial charge is 0.497 e. The quantitative estimate of drug-likeness (QED) is 0.824. The molecule has 20 heavy (non-hydrogen) atoms. The van der Waals surface area contributed by atoms with E-state index < -0.39 is 0 Å². The van der Waals surface area contributed by atoms with E-state index in [1.54, 1.807) is 37.6 Å². The molecule has 0 aliphatic carbocycles. The zero-order chi connectivity index (χ0) is 14.5. The molecule has 0 atom stereocenters. The molecule has 0 unspecified atom stereocenters. The number of halogens is 1. The van der Waals surface area contributed by atoms with Crippen molar-refractivity contribution < 1.29 is 14.3 Å². The van der Waals surface area contributed by atoms with E-state index >= 15 is 0 Å². The molecule has 0 saturated heterocycles. The maximum absolute atomic E-state index is 12.2. The molecule has 2 rings (SSSR count). The fraction of sp³-hybridized carbons (Fsp3) is 0.143. The zero-order valence-electron chi connectivity index (χ0n) is 11.0. The van der Waals surface area contributed by atoms with E-state index in [1.165, 1.54) is 7.11 Å². The number of amides is 1. The number of nitrogens with zero attached hydrogens (tertiary/aromatic N) is 1. The van der Waals surface area contributed by atoms with Crippen molar-refractivity contribution in [2.75, 3.05) is 19.5 Å². The fourth-order valence-electron chi connectivity index (χ4n) is 1.62. The summed E-state index contributed by atoms with van der Waals surface area (Å²) in [6, 6.07) is 8.64. The van der Waals surface area contributed by atoms with E-state index in [2.05, 4.69) is 32.9 Å². The van der Waals surface area contributed by atoms with Gasteiger partial charge in [0.05, 0.1) is 19.8 Å². The van der Waals surface area contributed by atoms with Crippen molar-refractivity contribution in [3.05, 3.63) is 45.7 Å². The first-order chi connectivity index (χ1) is 9.63. The maximum Gasteiger partial charge on any atom is 0.260 e. The third-order valence-electron chi connectivity index (χ3n) is 2.62. The summed E-state index contributed by atoms with van der Waals surface area (Å²) in [4.78, 5) is 16.3. The van der Waals surface area contributed by atoms with Crippen LogP contribution in [0.5, 0.6) is 11.5 Å². The van der Waals surface area contributed by atoms with Gasteiger partial charge in [0.1, 0.15) is 17.3 Å². The van der Waals surface area contributed by atoms with Crippen molar-refractivity contribution in [1.82, 2.24) is 4.98 Å². The molecule has 0 spiro atoms. The minimum atomic E-state index is -0.279. The number of nitrogens with one attached hydrogen (secondary N) is 1. The van der Waals surface area contributed by atoms with Crippen LogP contribution >= 0.6 is 22.6 Å². The summed E-state index contributed by atoms with van der Waals surface area (Å²) in [5, 5.41) is 2.72. The molecular formula is C14H13IN2O3. The van der Waals surface area contributed by atoms with Gasteiger partial charge in [-0.1, -0.05) is 0 Å². The van der Waals surface area contributed by atoms with Crippen molar-refractivity contribution in [1.29, 1.82) is 0 Å². The minimum absolute atomic E-state index is 0.279. The van der Waals surface area contributed by atoms with E-state index in [9.17, 15) is 4.79 Å². The topological polar surface area (TPSA) is 60.5 Å². The molecule has 0 aliphatic rings. The van der Waals surface area contributed by atoms with Gasteiger partial charge in [0.15, 0.2) is 0 Å². The van der Waals surface area contributed by atoms with Crippen molar-refractivity contribution in [2.24, 2.45) is 0 Å². The Morgan fingerprint density at radius 3 is 2.60 bits per heavy atom. The summed E-state index contributed by atoms with van der Waals surface area (Å²) in [5.41, 5.74) is 0.425. The van der Waals surface area contributed by atoms with Crippen LogP contribution in [-0.4, -0.2) is 25.1 Å². The standard InChI is InChI=1S/C14H13IN2O3/c1-19-10-4-5-11(12(7-10)20-2)14(18)17-13-6-3-9(15)8-16-13/h3-8H,1-2H3,(H,16,17,18). The zero-order valence-corrected chi connectivity index (χ0v) is 13.2. The first kappa shape index (κ1) is 14.6. The van der Waals surface area contributed by atoms with Gasteiger partial charge in [0.2, 0.25) is 0 Å². The van der Waals surface area contributed by atoms with Gasteiger partial charge < -0.3 is 14.8 Å². The highest BCUT2D eigenvalue weighted by molar-refractivity contribution is 14.1. The summed E-state index contributed by atoms with van der Waals surface area (Å²) in [6.45, 7) is 0. The van der Waals surface area contributed by atoms with Crippen LogP contribution in [-0.2, 0) is 0 Å². The normalized spacial score (nSPS) is 9.95. The molecule has 0 radical (unpaired) electrons. The second-order valence-electron chi connectivity index (χ2n) is 3.88. The number of carbonyl (C=O) groups is 1. The van der Waals surface area contributed by atoms with Crippen molar-refractivity contribution in [3.8, 4) is 11.5 Å². The Balaban J connectivity index is 2.22. The van der Waals surface area contributed by atoms with Gasteiger partial charge in [0, 0.05) is 15.8 Å². The van der Waals surface area contributed by atoms with Crippen LogP contribution in [0.1, 0.15) is 10.4 Å². The minimum Gasteiger partial charge on any atom is -0.497 e. The number of carbonyl (C=O) groups excluding carboxylic acids is 1. The Labute approximate surface area is 130 Å². The van der Waals surface area contributed by atoms with E-state index in [-0.39, 0.29) is 5.91 Å². The average Bonchev–Trinajstić information content (AvgIpc) is 2.48. The lowest BCUT2D eigenvalue weighted by Crippen LogP contribution is -2.14. The van der Waals surface area contributed by atoms with Gasteiger partial charge in [-0.25, -0.2) is 4.98 Å². The number of ether oxygens (including phenoxy) is 2. The molecule has 2 aromatic rings. The molecule has 1 heterocycles. The molecular weight excluding hydrogens is 371 g/mol. The number of hydrogen-bond donors (Lipinski definition) is 1. The highest BCUT2D eigenvalue weighted by Crippen LogP contribution is 2.25. The van der Waals surface area contributed by atoms with Gasteiger partial charge in [-0.2, -0.15) is 0 Å². The molecule has 1 aromatic heterocycles. The van der Waals surface area contributed by atoms with Crippen LogP contribution in [0.3, 0.4) is 0 Å². The molecule has 0 saturated carbocycles. The van der Waals surface area contributed by atoms with Gasteiger partial charge in [-0.05, 0) is 46.9 Å². The van der Waals surface area contributed by atoms with Crippen molar-refractivity contribution >= 4 is 34.3 Å². The Kier molecular flexibility index (Phi) is 4.78. The molecule has 1 aromatic carbocycles. The molecule has 1 N–H and O–H groups in total. The van der Waals surface area contributed by atoms with Crippen LogP contribution in [0.15, 0.2) is 36.5 Å². The van der Waals surface area contributed by atoms with Crippen molar-refractivity contribution in [3.63, 3.8) is 0 Å². The third kappa shape index (κ3) is 3.38. The molecule has 6 heteroatoms. The summed E-state index contributed by atoms with van der Waals surface area (Å²) in [7, 11) is 3.07. The van der Waals surface area contributed by atoms with Crippen LogP contribution in [0.2, 0.25) is 0 Å². The van der Waals surface area contributed by atoms with E-state index in [4.69, 9.17) is 9.47 Å². The number of methoxy groups -OCH3 is 2. The number of aromatic nitrogens is 1. The summed E-state index contributed by atoms with van der Waals surface area (Å²) < 4.78 is 11.3. The molecule has 0 bridgehead atoms. The number of pyridine rings is 1. The molecule has 1 amide bonds. The third-order valence-corrected chi connectivity index (χ3v) is 3.26. The Morgan fingerprint density at radius 1 is 1.20 bits per heavy atom. The van der Waals surface area contributed by atoms with Crippen LogP contribution in [0.4, 0.5) is 5.82 Å². The second-order valence-corrected chi connectivity index (χ2v) is 5.13. The number of anilines is 1. The van der Waals surface area contributed by atoms with Gasteiger partial charge in [-0.3, -0.25) is 4.79 Å². The van der Waals surface area contributed by atoms with E-state index in [0.717, 1.165) is 3.57 Å². The highest BCUT2D eigenvalue weighted by atomic mass is 127. The monoisotopic (exact) mass is 384 g/mol. The van der Waals surface area contributed by atoms with Crippen LogP contribution < -0.4 is 14.8 Å². The van der Waals surface area contributed by atoms with Crippen LogP contribution in [0, 0.1) is 3.57 Å². The van der Waals surface area contributed by atoms with E-state index in [0.29, 0.717) is 22.9 Å². The summed E-state index contributed by atoms with van der Waals surface area (Å²) in [6.07, 6.45) is 1.68. The lowest BCUT2D eigenvalue weighted by molar-refractivity contribution is 0.102. The number of benzene rings is 1. The van der Waals surface area contributed by atoms with E-state index in [1.807, 2.05) is 6.07 Å². The van der Waals surface area contributed by atoms with Gasteiger partial charge in [0.25, 0.3) is 5.91 Å². The number of hydrogen-bond acceptors (Lipinski definition) is 4. The second kappa shape index (κ2) is 6.56. The van der Waals surface area contributed by atoms with Crippen molar-refractivity contribution in [2.45, 2.75) is 0 Å². The molecule has 0 fully saturated rings. The SMILES string of the molecule is COc1ccc(C(=O)Nc2ccc(I)cn2)c(OC)c1. The Hall–Kier alpha value is -1.83. The Morgan fingerprint density at radius 2 is 2.00 bits per heavy atom. The molecule has 0 aliphatic heterocycles. The van der Waals surface area contributed by atoms with Crippen LogP contribution in [0.25, 0.3) is 0 Å². The maximum atomic E-state index is 12.2. The predicted octanol–water partition coefficient (Wildman–Crippen LogP) is 2.96. The highest BCUT2D eigenvalue weighted by Gasteiger charge is 2.13. The molecule has 104 valence electrons. The lowest BCUT2D eigenvalue weighted by atomic mass is 10.1. The lowest BCUT2D eigenvalue weighted by Gasteiger charge is -2.10. The summed E-state index contributed by atoms with van der Waals surface area (Å²) in [5.74, 6) is 1.30.